The molecule has 0 aliphatic carbocycles. The summed E-state index contributed by atoms with van der Waals surface area (Å²) in [7, 11) is 1.67. The quantitative estimate of drug-likeness (QED) is 0.293. The number of fused-ring (bicyclic) bond motifs is 1. The summed E-state index contributed by atoms with van der Waals surface area (Å²) in [5.41, 5.74) is 2.85. The number of ether oxygens (including phenoxy) is 1. The van der Waals surface area contributed by atoms with E-state index in [-0.39, 0.29) is 11.9 Å². The highest BCUT2D eigenvalue weighted by molar-refractivity contribution is 8.18. The van der Waals surface area contributed by atoms with Gasteiger partial charge in [-0.25, -0.2) is 4.99 Å². The van der Waals surface area contributed by atoms with Crippen molar-refractivity contribution in [1.29, 1.82) is 0 Å². The van der Waals surface area contributed by atoms with E-state index in [9.17, 15) is 4.79 Å². The molecule has 0 aromatic heterocycles. The van der Waals surface area contributed by atoms with E-state index < -0.39 is 0 Å². The number of nitrogens with zero attached hydrogens (tertiary/aromatic N) is 2. The molecule has 0 bridgehead atoms. The van der Waals surface area contributed by atoms with Gasteiger partial charge < -0.3 is 4.74 Å². The van der Waals surface area contributed by atoms with Gasteiger partial charge >= 0.3 is 0 Å². The maximum Gasteiger partial charge on any atom is 0.267 e. The first-order valence-corrected chi connectivity index (χ1v) is 11.9. The molecule has 1 fully saturated rings. The number of thioether (sulfide) groups is 1. The highest BCUT2D eigenvalue weighted by Crippen LogP contribution is 2.40. The lowest BCUT2D eigenvalue weighted by Crippen LogP contribution is -2.32. The number of hydrogen-bond acceptors (Lipinski definition) is 4. The van der Waals surface area contributed by atoms with Gasteiger partial charge in [0.25, 0.3) is 5.91 Å². The Bertz CT molecular complexity index is 1400. The van der Waals surface area contributed by atoms with Crippen LogP contribution in [0.5, 0.6) is 5.75 Å². The molecule has 0 spiro atoms. The van der Waals surface area contributed by atoms with Gasteiger partial charge in [0.05, 0.1) is 23.7 Å². The number of carbonyl (C=O) groups excluding carboxylic acids is 1. The van der Waals surface area contributed by atoms with Crippen LogP contribution in [0.4, 0.5) is 5.69 Å². The van der Waals surface area contributed by atoms with Gasteiger partial charge in [-0.15, -0.1) is 0 Å². The molecule has 4 nitrogen and oxygen atoms in total. The monoisotopic (exact) mass is 464 g/mol. The largest absolute Gasteiger partial charge is 0.496 e. The summed E-state index contributed by atoms with van der Waals surface area (Å²) in [4.78, 5) is 21.0. The molecule has 34 heavy (non-hydrogen) atoms. The van der Waals surface area contributed by atoms with E-state index in [1.807, 2.05) is 104 Å². The molecule has 4 aromatic carbocycles. The molecular formula is C29H24N2O2S. The Morgan fingerprint density at radius 3 is 2.21 bits per heavy atom. The van der Waals surface area contributed by atoms with Crippen LogP contribution in [0.1, 0.15) is 24.1 Å². The Labute approximate surface area is 203 Å². The molecule has 0 saturated carbocycles. The molecule has 1 aliphatic rings. The minimum absolute atomic E-state index is 0.0454. The predicted octanol–water partition coefficient (Wildman–Crippen LogP) is 7.21. The van der Waals surface area contributed by atoms with E-state index in [0.717, 1.165) is 33.3 Å². The first kappa shape index (κ1) is 22.0. The molecule has 0 unspecified atom stereocenters. The van der Waals surface area contributed by atoms with E-state index in [1.54, 1.807) is 12.0 Å². The number of methoxy groups -OCH3 is 1. The number of benzene rings is 4. The number of rotatable bonds is 5. The fourth-order valence-corrected chi connectivity index (χ4v) is 5.20. The van der Waals surface area contributed by atoms with Crippen LogP contribution in [0.3, 0.4) is 0 Å². The van der Waals surface area contributed by atoms with Gasteiger partial charge in [-0.1, -0.05) is 78.9 Å². The van der Waals surface area contributed by atoms with Gasteiger partial charge in [-0.05, 0) is 59.5 Å². The SMILES string of the molecule is COc1ccc(/C=C2/SC(=Nc3ccccc3)N([C@H](C)c3ccccc3)C2=O)c2ccccc12. The van der Waals surface area contributed by atoms with Crippen molar-refractivity contribution in [3.63, 3.8) is 0 Å². The van der Waals surface area contributed by atoms with E-state index in [1.165, 1.54) is 11.8 Å². The van der Waals surface area contributed by atoms with Crippen molar-refractivity contribution in [3.05, 3.63) is 113 Å². The topological polar surface area (TPSA) is 41.9 Å². The summed E-state index contributed by atoms with van der Waals surface area (Å²) < 4.78 is 5.53. The van der Waals surface area contributed by atoms with Crippen LogP contribution >= 0.6 is 11.8 Å². The van der Waals surface area contributed by atoms with Crippen LogP contribution in [0.2, 0.25) is 0 Å². The van der Waals surface area contributed by atoms with E-state index >= 15 is 0 Å². The molecule has 1 saturated heterocycles. The van der Waals surface area contributed by atoms with Gasteiger partial charge in [0.2, 0.25) is 0 Å². The molecule has 4 aromatic rings. The summed E-state index contributed by atoms with van der Waals surface area (Å²) in [6, 6.07) is 31.7. The Hall–Kier alpha value is -3.83. The first-order valence-electron chi connectivity index (χ1n) is 11.1. The third-order valence-corrected chi connectivity index (χ3v) is 6.89. The third kappa shape index (κ3) is 4.22. The van der Waals surface area contributed by atoms with E-state index in [2.05, 4.69) is 6.07 Å². The summed E-state index contributed by atoms with van der Waals surface area (Å²) in [6.07, 6.45) is 1.97. The molecule has 5 rings (SSSR count). The van der Waals surface area contributed by atoms with E-state index in [0.29, 0.717) is 10.1 Å². The second-order valence-electron chi connectivity index (χ2n) is 8.01. The van der Waals surface area contributed by atoms with Crippen LogP contribution in [-0.4, -0.2) is 23.1 Å². The highest BCUT2D eigenvalue weighted by Gasteiger charge is 2.37. The molecule has 1 aliphatic heterocycles. The molecule has 168 valence electrons. The van der Waals surface area contributed by atoms with Crippen LogP contribution in [0, 0.1) is 0 Å². The Morgan fingerprint density at radius 1 is 0.853 bits per heavy atom. The zero-order valence-corrected chi connectivity index (χ0v) is 19.8. The zero-order valence-electron chi connectivity index (χ0n) is 19.0. The van der Waals surface area contributed by atoms with Gasteiger partial charge in [-0.3, -0.25) is 9.69 Å². The lowest BCUT2D eigenvalue weighted by atomic mass is 10.0. The molecule has 1 atom stereocenters. The van der Waals surface area contributed by atoms with Gasteiger partial charge in [0.15, 0.2) is 5.17 Å². The smallest absolute Gasteiger partial charge is 0.267 e. The Kier molecular flexibility index (Phi) is 6.19. The highest BCUT2D eigenvalue weighted by atomic mass is 32.2. The molecule has 1 heterocycles. The van der Waals surface area contributed by atoms with Crippen LogP contribution in [0.25, 0.3) is 16.8 Å². The lowest BCUT2D eigenvalue weighted by Gasteiger charge is -2.24. The number of carbonyl (C=O) groups is 1. The van der Waals surface area contributed by atoms with Crippen LogP contribution < -0.4 is 4.74 Å². The van der Waals surface area contributed by atoms with Crippen molar-refractivity contribution in [2.45, 2.75) is 13.0 Å². The fraction of sp³-hybridized carbons (Fsp3) is 0.103. The van der Waals surface area contributed by atoms with Gasteiger partial charge in [-0.2, -0.15) is 0 Å². The lowest BCUT2D eigenvalue weighted by molar-refractivity contribution is -0.123. The normalized spacial score (nSPS) is 17.0. The number of aliphatic imine (C=N–C) groups is 1. The van der Waals surface area contributed by atoms with Crippen molar-refractivity contribution < 1.29 is 9.53 Å². The Morgan fingerprint density at radius 2 is 1.50 bits per heavy atom. The van der Waals surface area contributed by atoms with Crippen molar-refractivity contribution in [3.8, 4) is 5.75 Å². The van der Waals surface area contributed by atoms with Gasteiger partial charge in [0, 0.05) is 5.39 Å². The second-order valence-corrected chi connectivity index (χ2v) is 9.01. The Balaban J connectivity index is 1.60. The number of amidine groups is 1. The summed E-state index contributed by atoms with van der Waals surface area (Å²) in [6.45, 7) is 2.04. The van der Waals surface area contributed by atoms with Crippen molar-refractivity contribution >= 4 is 45.4 Å². The maximum atomic E-state index is 13.7. The van der Waals surface area contributed by atoms with E-state index in [4.69, 9.17) is 9.73 Å². The number of hydrogen-bond donors (Lipinski definition) is 0. The average Bonchev–Trinajstić information content (AvgIpc) is 3.19. The number of amides is 1. The third-order valence-electron chi connectivity index (χ3n) is 5.91. The van der Waals surface area contributed by atoms with Crippen molar-refractivity contribution in [1.82, 2.24) is 4.90 Å². The van der Waals surface area contributed by atoms with Crippen molar-refractivity contribution in [2.24, 2.45) is 4.99 Å². The summed E-state index contributed by atoms with van der Waals surface area (Å²) in [5.74, 6) is 0.768. The van der Waals surface area contributed by atoms with Crippen molar-refractivity contribution in [2.75, 3.05) is 7.11 Å². The van der Waals surface area contributed by atoms with Crippen LogP contribution in [-0.2, 0) is 4.79 Å². The molecule has 0 radical (unpaired) electrons. The minimum atomic E-state index is -0.151. The second kappa shape index (κ2) is 9.57. The summed E-state index contributed by atoms with van der Waals surface area (Å²) >= 11 is 1.41. The van der Waals surface area contributed by atoms with Crippen LogP contribution in [0.15, 0.2) is 107 Å². The minimum Gasteiger partial charge on any atom is -0.496 e. The van der Waals surface area contributed by atoms with Gasteiger partial charge in [0.1, 0.15) is 5.75 Å². The predicted molar refractivity (Wildman–Crippen MR) is 141 cm³/mol. The fourth-order valence-electron chi connectivity index (χ4n) is 4.14. The maximum absolute atomic E-state index is 13.7. The zero-order chi connectivity index (χ0) is 23.5. The molecule has 0 N–H and O–H groups in total. The molecular weight excluding hydrogens is 440 g/mol. The molecule has 5 heteroatoms. The summed E-state index contributed by atoms with van der Waals surface area (Å²) in [5, 5.41) is 2.73. The average molecular weight is 465 g/mol. The standard InChI is InChI=1S/C29H24N2O2S/c1-20(21-11-5-3-6-12-21)31-28(32)27(34-29(31)30-23-13-7-4-8-14-23)19-22-17-18-26(33-2)25-16-10-9-15-24(22)25/h3-20H,1-2H3/b27-19+,30-29?/t20-/m1/s1. The first-order chi connectivity index (χ1) is 16.7. The number of para-hydroxylation sites is 1. The molecule has 1 amide bonds.